The molecule has 3 unspecified atom stereocenters. The molecule has 0 spiro atoms. The Morgan fingerprint density at radius 3 is 2.75 bits per heavy atom. The molecule has 3 heteroatoms. The summed E-state index contributed by atoms with van der Waals surface area (Å²) in [5.41, 5.74) is 5.87. The molecule has 0 aromatic rings. The van der Waals surface area contributed by atoms with Crippen molar-refractivity contribution in [1.82, 2.24) is 4.90 Å². The highest BCUT2D eigenvalue weighted by Crippen LogP contribution is 2.32. The Labute approximate surface area is 98.4 Å². The molecule has 0 radical (unpaired) electrons. The van der Waals surface area contributed by atoms with Crippen LogP contribution < -0.4 is 5.73 Å². The van der Waals surface area contributed by atoms with Crippen molar-refractivity contribution in [3.8, 4) is 0 Å². The molecule has 1 amide bonds. The first-order valence-electron chi connectivity index (χ1n) is 6.80. The quantitative estimate of drug-likeness (QED) is 0.778. The van der Waals surface area contributed by atoms with Gasteiger partial charge in [0.05, 0.1) is 6.04 Å². The predicted molar refractivity (Wildman–Crippen MR) is 65.0 cm³/mol. The standard InChI is InChI=1S/C13H24N2O/c1-2-10-6-3-4-8-12(10)15-9-5-7-11(14)13(15)16/h10-12H,2-9,14H2,1H3. The summed E-state index contributed by atoms with van der Waals surface area (Å²) in [5.74, 6) is 0.916. The summed E-state index contributed by atoms with van der Waals surface area (Å²) < 4.78 is 0. The summed E-state index contributed by atoms with van der Waals surface area (Å²) >= 11 is 0. The summed E-state index contributed by atoms with van der Waals surface area (Å²) in [5, 5.41) is 0. The van der Waals surface area contributed by atoms with Crippen LogP contribution in [0.3, 0.4) is 0 Å². The molecule has 1 aliphatic carbocycles. The van der Waals surface area contributed by atoms with Gasteiger partial charge in [-0.05, 0) is 31.6 Å². The van der Waals surface area contributed by atoms with E-state index in [0.717, 1.165) is 19.4 Å². The van der Waals surface area contributed by atoms with E-state index in [1.807, 2.05) is 0 Å². The van der Waals surface area contributed by atoms with Gasteiger partial charge in [-0.15, -0.1) is 0 Å². The van der Waals surface area contributed by atoms with Crippen molar-refractivity contribution >= 4 is 5.91 Å². The fourth-order valence-corrected chi connectivity index (χ4v) is 3.33. The maximum Gasteiger partial charge on any atom is 0.239 e. The highest BCUT2D eigenvalue weighted by atomic mass is 16.2. The zero-order valence-corrected chi connectivity index (χ0v) is 10.3. The number of piperidine rings is 1. The summed E-state index contributed by atoms with van der Waals surface area (Å²) in [6, 6.07) is 0.255. The van der Waals surface area contributed by atoms with E-state index in [2.05, 4.69) is 11.8 Å². The molecule has 16 heavy (non-hydrogen) atoms. The number of nitrogens with two attached hydrogens (primary N) is 1. The second kappa shape index (κ2) is 5.17. The second-order valence-electron chi connectivity index (χ2n) is 5.30. The fraction of sp³-hybridized carbons (Fsp3) is 0.923. The van der Waals surface area contributed by atoms with Gasteiger partial charge in [0.15, 0.2) is 0 Å². The minimum absolute atomic E-state index is 0.205. The van der Waals surface area contributed by atoms with Gasteiger partial charge in [-0.3, -0.25) is 4.79 Å². The third-order valence-corrected chi connectivity index (χ3v) is 4.31. The Kier molecular flexibility index (Phi) is 3.85. The number of likely N-dealkylation sites (tertiary alicyclic amines) is 1. The molecule has 2 N–H and O–H groups in total. The van der Waals surface area contributed by atoms with Crippen LogP contribution in [0.15, 0.2) is 0 Å². The van der Waals surface area contributed by atoms with E-state index < -0.39 is 0 Å². The normalized spacial score (nSPS) is 36.5. The van der Waals surface area contributed by atoms with Gasteiger partial charge in [0.25, 0.3) is 0 Å². The van der Waals surface area contributed by atoms with Gasteiger partial charge >= 0.3 is 0 Å². The van der Waals surface area contributed by atoms with Crippen LogP contribution in [0.25, 0.3) is 0 Å². The molecule has 0 aromatic carbocycles. The molecule has 3 atom stereocenters. The van der Waals surface area contributed by atoms with Crippen molar-refractivity contribution in [2.24, 2.45) is 11.7 Å². The van der Waals surface area contributed by atoms with Crippen LogP contribution in [0.4, 0.5) is 0 Å². The van der Waals surface area contributed by atoms with Crippen LogP contribution in [0.1, 0.15) is 51.9 Å². The molecule has 2 aliphatic rings. The van der Waals surface area contributed by atoms with Crippen molar-refractivity contribution in [2.45, 2.75) is 64.0 Å². The summed E-state index contributed by atoms with van der Waals surface area (Å²) in [7, 11) is 0. The molecule has 0 bridgehead atoms. The largest absolute Gasteiger partial charge is 0.338 e. The Hall–Kier alpha value is -0.570. The topological polar surface area (TPSA) is 46.3 Å². The van der Waals surface area contributed by atoms with Crippen molar-refractivity contribution in [3.63, 3.8) is 0 Å². The zero-order chi connectivity index (χ0) is 11.5. The molecule has 1 saturated heterocycles. The van der Waals surface area contributed by atoms with Gasteiger partial charge in [-0.2, -0.15) is 0 Å². The highest BCUT2D eigenvalue weighted by molar-refractivity contribution is 5.82. The molecule has 2 rings (SSSR count). The van der Waals surface area contributed by atoms with Crippen LogP contribution in [-0.4, -0.2) is 29.4 Å². The Bertz CT molecular complexity index is 254. The number of hydrogen-bond donors (Lipinski definition) is 1. The SMILES string of the molecule is CCC1CCCCC1N1CCCC(N)C1=O. The van der Waals surface area contributed by atoms with Crippen LogP contribution in [0, 0.1) is 5.92 Å². The number of carbonyl (C=O) groups excluding carboxylic acids is 1. The lowest BCUT2D eigenvalue weighted by atomic mass is 9.81. The first-order valence-corrected chi connectivity index (χ1v) is 6.80. The van der Waals surface area contributed by atoms with Gasteiger partial charge in [-0.1, -0.05) is 26.2 Å². The van der Waals surface area contributed by atoms with Crippen LogP contribution in [0.2, 0.25) is 0 Å². The van der Waals surface area contributed by atoms with E-state index in [-0.39, 0.29) is 11.9 Å². The molecular weight excluding hydrogens is 200 g/mol. The third-order valence-electron chi connectivity index (χ3n) is 4.31. The van der Waals surface area contributed by atoms with Gasteiger partial charge < -0.3 is 10.6 Å². The molecule has 0 aromatic heterocycles. The van der Waals surface area contributed by atoms with Gasteiger partial charge in [0.1, 0.15) is 0 Å². The van der Waals surface area contributed by atoms with Crippen LogP contribution >= 0.6 is 0 Å². The lowest BCUT2D eigenvalue weighted by Crippen LogP contribution is -2.55. The number of rotatable bonds is 2. The van der Waals surface area contributed by atoms with Crippen molar-refractivity contribution in [2.75, 3.05) is 6.54 Å². The first kappa shape index (κ1) is 11.9. The average Bonchev–Trinajstić information content (AvgIpc) is 2.33. The fourth-order valence-electron chi connectivity index (χ4n) is 3.33. The monoisotopic (exact) mass is 224 g/mol. The van der Waals surface area contributed by atoms with E-state index in [1.165, 1.54) is 32.1 Å². The molecule has 2 fully saturated rings. The van der Waals surface area contributed by atoms with E-state index in [4.69, 9.17) is 5.73 Å². The predicted octanol–water partition coefficient (Wildman–Crippen LogP) is 1.90. The Balaban J connectivity index is 2.06. The Morgan fingerprint density at radius 2 is 2.00 bits per heavy atom. The maximum absolute atomic E-state index is 12.1. The summed E-state index contributed by atoms with van der Waals surface area (Å²) in [6.45, 7) is 3.19. The molecule has 92 valence electrons. The minimum atomic E-state index is -0.229. The van der Waals surface area contributed by atoms with E-state index in [0.29, 0.717) is 12.0 Å². The van der Waals surface area contributed by atoms with Gasteiger partial charge in [0.2, 0.25) is 5.91 Å². The van der Waals surface area contributed by atoms with E-state index in [1.54, 1.807) is 0 Å². The van der Waals surface area contributed by atoms with Gasteiger partial charge in [0, 0.05) is 12.6 Å². The number of amides is 1. The highest BCUT2D eigenvalue weighted by Gasteiger charge is 2.35. The molecule has 3 nitrogen and oxygen atoms in total. The van der Waals surface area contributed by atoms with Crippen LogP contribution in [-0.2, 0) is 4.79 Å². The second-order valence-corrected chi connectivity index (χ2v) is 5.30. The lowest BCUT2D eigenvalue weighted by Gasteiger charge is -2.43. The van der Waals surface area contributed by atoms with Crippen molar-refractivity contribution < 1.29 is 4.79 Å². The van der Waals surface area contributed by atoms with Gasteiger partial charge in [-0.25, -0.2) is 0 Å². The maximum atomic E-state index is 12.1. The van der Waals surface area contributed by atoms with Crippen molar-refractivity contribution in [1.29, 1.82) is 0 Å². The number of nitrogens with zero attached hydrogens (tertiary/aromatic N) is 1. The molecular formula is C13H24N2O. The number of carbonyl (C=O) groups is 1. The van der Waals surface area contributed by atoms with E-state index >= 15 is 0 Å². The van der Waals surface area contributed by atoms with E-state index in [9.17, 15) is 4.79 Å². The average molecular weight is 224 g/mol. The summed E-state index contributed by atoms with van der Waals surface area (Å²) in [4.78, 5) is 14.2. The van der Waals surface area contributed by atoms with Crippen molar-refractivity contribution in [3.05, 3.63) is 0 Å². The van der Waals surface area contributed by atoms with Crippen LogP contribution in [0.5, 0.6) is 0 Å². The molecule has 1 heterocycles. The summed E-state index contributed by atoms with van der Waals surface area (Å²) in [6.07, 6.45) is 8.25. The lowest BCUT2D eigenvalue weighted by molar-refractivity contribution is -0.139. The molecule has 1 saturated carbocycles. The molecule has 1 aliphatic heterocycles. The first-order chi connectivity index (χ1) is 7.74. The third kappa shape index (κ3) is 2.24. The Morgan fingerprint density at radius 1 is 1.25 bits per heavy atom. The minimum Gasteiger partial charge on any atom is -0.338 e. The zero-order valence-electron chi connectivity index (χ0n) is 10.3. The smallest absolute Gasteiger partial charge is 0.239 e. The number of hydrogen-bond acceptors (Lipinski definition) is 2.